The van der Waals surface area contributed by atoms with E-state index < -0.39 is 7.82 Å². The summed E-state index contributed by atoms with van der Waals surface area (Å²) in [7, 11) is -4.42. The van der Waals surface area contributed by atoms with E-state index in [1.807, 2.05) is 6.92 Å². The van der Waals surface area contributed by atoms with Crippen molar-refractivity contribution in [1.29, 1.82) is 0 Å². The molecule has 0 aromatic carbocycles. The Balaban J connectivity index is 0.00000169. The van der Waals surface area contributed by atoms with E-state index >= 15 is 0 Å². The van der Waals surface area contributed by atoms with Gasteiger partial charge in [-0.1, -0.05) is 18.7 Å². The minimum Gasteiger partial charge on any atom is -0.369 e. The average Bonchev–Trinajstić information content (AvgIpc) is 2.97. The maximum absolute atomic E-state index is 10.9. The zero-order valence-corrected chi connectivity index (χ0v) is 17.5. The number of phosphoric acid groups is 1. The molecule has 0 saturated heterocycles. The normalized spacial score (nSPS) is 26.0. The molecule has 1 aliphatic carbocycles. The van der Waals surface area contributed by atoms with Crippen molar-refractivity contribution in [2.75, 3.05) is 12.4 Å². The van der Waals surface area contributed by atoms with Crippen LogP contribution in [0.3, 0.4) is 0 Å². The van der Waals surface area contributed by atoms with Gasteiger partial charge in [-0.3, -0.25) is 4.52 Å². The van der Waals surface area contributed by atoms with Gasteiger partial charge in [0, 0.05) is 62.0 Å². The summed E-state index contributed by atoms with van der Waals surface area (Å²) in [5.74, 6) is 1.36. The Morgan fingerprint density at radius 2 is 2.21 bits per heavy atom. The van der Waals surface area contributed by atoms with Crippen molar-refractivity contribution >= 4 is 30.7 Å². The minimum atomic E-state index is -4.42. The first kappa shape index (κ1) is 18.9. The third kappa shape index (κ3) is 3.49. The first-order valence-electron chi connectivity index (χ1n) is 7.38. The number of phosphoric ester groups is 1. The quantitative estimate of drug-likeness (QED) is 0.544. The third-order valence-corrected chi connectivity index (χ3v) is 6.26. The Bertz CT molecular complexity index is 813. The molecule has 1 radical (unpaired) electrons. The van der Waals surface area contributed by atoms with Crippen LogP contribution in [0.25, 0.3) is 11.2 Å². The van der Waals surface area contributed by atoms with Crippen LogP contribution in [0.15, 0.2) is 5.16 Å². The van der Waals surface area contributed by atoms with E-state index in [9.17, 15) is 4.57 Å². The van der Waals surface area contributed by atoms with E-state index in [2.05, 4.69) is 25.8 Å². The van der Waals surface area contributed by atoms with Gasteiger partial charge < -0.3 is 24.3 Å². The molecule has 0 unspecified atom stereocenters. The largest absolute Gasteiger partial charge is 0.469 e. The van der Waals surface area contributed by atoms with Crippen LogP contribution in [-0.2, 0) is 41.8 Å². The second kappa shape index (κ2) is 7.02. The van der Waals surface area contributed by atoms with E-state index in [4.69, 9.17) is 14.3 Å². The summed E-state index contributed by atoms with van der Waals surface area (Å²) in [5.41, 5.74) is 2.41. The van der Waals surface area contributed by atoms with Crippen molar-refractivity contribution in [1.82, 2.24) is 19.5 Å². The van der Waals surface area contributed by atoms with Crippen LogP contribution >= 0.6 is 19.6 Å². The van der Waals surface area contributed by atoms with Crippen molar-refractivity contribution in [2.24, 2.45) is 11.8 Å². The average molecular weight is 444 g/mol. The fourth-order valence-electron chi connectivity index (χ4n) is 3.56. The molecule has 4 rings (SSSR count). The Morgan fingerprint density at radius 3 is 2.96 bits per heavy atom. The number of aryl methyl sites for hydroxylation is 1. The molecule has 8 nitrogen and oxygen atoms in total. The van der Waals surface area contributed by atoms with Crippen molar-refractivity contribution < 1.29 is 51.6 Å². The standard InChI is InChI=1S/C13H16N4O4PS.Y/c1-7-11-12(15-6-14-7)17-10-2-8(4-21-22(18,19)20)9(3-10)5-23-13(17)16-11;/h8-10H,2-5H2,1H3,(H2,18,19,20);/q-1;/t8-,9+,10-;/m0./s1. The number of aromatic nitrogens is 4. The van der Waals surface area contributed by atoms with Crippen LogP contribution < -0.4 is 0 Å². The summed E-state index contributed by atoms with van der Waals surface area (Å²) >= 11 is 1.66. The van der Waals surface area contributed by atoms with Gasteiger partial charge >= 0.3 is 7.82 Å². The molecule has 2 aromatic rings. The molecule has 0 amide bonds. The topological polar surface area (TPSA) is 110 Å². The molecule has 2 aromatic heterocycles. The molecule has 11 heteroatoms. The van der Waals surface area contributed by atoms with Gasteiger partial charge in [0.1, 0.15) is 0 Å². The second-order valence-corrected chi connectivity index (χ2v) is 8.31. The molecule has 2 bridgehead atoms. The minimum absolute atomic E-state index is 0. The molecular formula is C13H16N4O4PSY-. The maximum atomic E-state index is 10.9. The number of rotatable bonds is 3. The molecule has 3 heterocycles. The molecule has 0 spiro atoms. The van der Waals surface area contributed by atoms with Crippen LogP contribution in [0.4, 0.5) is 0 Å². The number of fused-ring (bicyclic) bond motifs is 6. The summed E-state index contributed by atoms with van der Waals surface area (Å²) < 4.78 is 17.8. The first-order chi connectivity index (χ1) is 10.9. The Kier molecular flexibility index (Phi) is 5.53. The smallest absolute Gasteiger partial charge is 0.369 e. The van der Waals surface area contributed by atoms with Gasteiger partial charge in [0.05, 0.1) is 6.61 Å². The van der Waals surface area contributed by atoms with Crippen LogP contribution in [0, 0.1) is 25.1 Å². The number of imidazole rings is 1. The van der Waals surface area contributed by atoms with Crippen LogP contribution in [0.5, 0.6) is 0 Å². The molecule has 1 aliphatic heterocycles. The molecule has 3 atom stereocenters. The van der Waals surface area contributed by atoms with E-state index in [0.717, 1.165) is 40.6 Å². The zero-order valence-electron chi connectivity index (χ0n) is 13.0. The van der Waals surface area contributed by atoms with E-state index in [-0.39, 0.29) is 51.3 Å². The number of thioether (sulfide) groups is 1. The van der Waals surface area contributed by atoms with E-state index in [1.54, 1.807) is 11.8 Å². The zero-order chi connectivity index (χ0) is 16.2. The monoisotopic (exact) mass is 444 g/mol. The Labute approximate surface area is 168 Å². The van der Waals surface area contributed by atoms with Gasteiger partial charge in [0.15, 0.2) is 5.16 Å². The van der Waals surface area contributed by atoms with E-state index in [0.29, 0.717) is 5.92 Å². The van der Waals surface area contributed by atoms with Gasteiger partial charge in [-0.05, 0) is 30.4 Å². The number of hydrogen-bond donors (Lipinski definition) is 2. The predicted octanol–water partition coefficient (Wildman–Crippen LogP) is 1.71. The Hall–Kier alpha value is 0.114. The fourth-order valence-corrected chi connectivity index (χ4v) is 5.25. The Morgan fingerprint density at radius 1 is 1.42 bits per heavy atom. The molecule has 2 N–H and O–H groups in total. The maximum Gasteiger partial charge on any atom is 0.469 e. The molecule has 1 saturated carbocycles. The van der Waals surface area contributed by atoms with Crippen LogP contribution in [0.2, 0.25) is 0 Å². The van der Waals surface area contributed by atoms with Crippen LogP contribution in [0.1, 0.15) is 24.6 Å². The summed E-state index contributed by atoms with van der Waals surface area (Å²) in [5, 5.41) is 0.943. The van der Waals surface area contributed by atoms with Crippen molar-refractivity contribution in [3.8, 4) is 0 Å². The molecule has 2 aliphatic rings. The van der Waals surface area contributed by atoms with E-state index in [1.165, 1.54) is 0 Å². The second-order valence-electron chi connectivity index (χ2n) is 6.09. The predicted molar refractivity (Wildman–Crippen MR) is 82.9 cm³/mol. The van der Waals surface area contributed by atoms with Crippen molar-refractivity contribution in [3.05, 3.63) is 12.0 Å². The molecule has 127 valence electrons. The van der Waals surface area contributed by atoms with Crippen molar-refractivity contribution in [3.63, 3.8) is 0 Å². The van der Waals surface area contributed by atoms with Gasteiger partial charge in [0.2, 0.25) is 0 Å². The molecule has 1 fully saturated rings. The summed E-state index contributed by atoms with van der Waals surface area (Å²) in [4.78, 5) is 30.9. The van der Waals surface area contributed by atoms with Gasteiger partial charge in [-0.25, -0.2) is 9.55 Å². The summed E-state index contributed by atoms with van der Waals surface area (Å²) in [6, 6.07) is 0.225. The summed E-state index contributed by atoms with van der Waals surface area (Å²) in [6.45, 7) is 1.99. The van der Waals surface area contributed by atoms with Gasteiger partial charge in [-0.15, -0.1) is 0 Å². The first-order valence-corrected chi connectivity index (χ1v) is 9.89. The van der Waals surface area contributed by atoms with Crippen LogP contribution in [-0.4, -0.2) is 41.7 Å². The molecular weight excluding hydrogens is 428 g/mol. The number of nitrogens with zero attached hydrogens (tertiary/aromatic N) is 4. The van der Waals surface area contributed by atoms with Gasteiger partial charge in [0.25, 0.3) is 0 Å². The SMILES string of the molecule is Cc1n[c-]nc2c1nc1n2[C@H]2C[C@@H](COP(=O)(O)O)[C@@H](CS1)C2.[Y]. The summed E-state index contributed by atoms with van der Waals surface area (Å²) in [6.07, 6.45) is 4.44. The van der Waals surface area contributed by atoms with Crippen molar-refractivity contribution in [2.45, 2.75) is 31.0 Å². The molecule has 24 heavy (non-hydrogen) atoms. The fraction of sp³-hybridized carbons (Fsp3) is 0.615. The number of hydrogen-bond acceptors (Lipinski definition) is 6. The third-order valence-electron chi connectivity index (χ3n) is 4.63. The van der Waals surface area contributed by atoms with Gasteiger partial charge in [-0.2, -0.15) is 0 Å².